The molecule has 2 amide bonds. The molecule has 0 saturated heterocycles. The van der Waals surface area contributed by atoms with Crippen molar-refractivity contribution in [3.8, 4) is 5.75 Å². The smallest absolute Gasteiger partial charge is 0.427 e. The number of halogens is 3. The molecule has 3 aromatic rings. The van der Waals surface area contributed by atoms with Crippen LogP contribution in [0, 0.1) is 6.92 Å². The van der Waals surface area contributed by atoms with Crippen LogP contribution < -0.4 is 15.5 Å². The predicted molar refractivity (Wildman–Crippen MR) is 141 cm³/mol. The van der Waals surface area contributed by atoms with Crippen LogP contribution in [0.25, 0.3) is 0 Å². The molecule has 0 bridgehead atoms. The van der Waals surface area contributed by atoms with E-state index in [4.69, 9.17) is 4.74 Å². The fourth-order valence-corrected chi connectivity index (χ4v) is 4.91. The Hall–Kier alpha value is -4.21. The van der Waals surface area contributed by atoms with Crippen molar-refractivity contribution in [1.29, 1.82) is 0 Å². The fourth-order valence-electron chi connectivity index (χ4n) is 4.91. The number of benzene rings is 3. The molecule has 3 N–H and O–H groups in total. The maximum atomic E-state index is 13.2. The average Bonchev–Trinajstić information content (AvgIpc) is 3.45. The van der Waals surface area contributed by atoms with Gasteiger partial charge in [0, 0.05) is 23.2 Å². The summed E-state index contributed by atoms with van der Waals surface area (Å²) >= 11 is 0. The number of hydrogen-bond donors (Lipinski definition) is 3. The molecule has 0 aliphatic carbocycles. The molecule has 10 heteroatoms. The molecule has 38 heavy (non-hydrogen) atoms. The first-order valence-electron chi connectivity index (χ1n) is 12.1. The largest absolute Gasteiger partial charge is 0.506 e. The number of alkyl halides is 3. The molecule has 0 saturated carbocycles. The molecular formula is C28H27F3N4O3. The number of amides is 2. The van der Waals surface area contributed by atoms with E-state index in [2.05, 4.69) is 15.6 Å². The van der Waals surface area contributed by atoms with Crippen LogP contribution in [0.15, 0.2) is 65.7 Å². The Kier molecular flexibility index (Phi) is 6.21. The number of para-hydroxylation sites is 2. The molecule has 2 heterocycles. The van der Waals surface area contributed by atoms with E-state index in [-0.39, 0.29) is 11.6 Å². The second-order valence-corrected chi connectivity index (χ2v) is 10.1. The lowest BCUT2D eigenvalue weighted by atomic mass is 9.83. The number of carbonyl (C=O) groups excluding carboxylic acids is 1. The summed E-state index contributed by atoms with van der Waals surface area (Å²) in [7, 11) is 0. The van der Waals surface area contributed by atoms with E-state index in [1.54, 1.807) is 24.3 Å². The third kappa shape index (κ3) is 4.73. The number of urea groups is 1. The lowest BCUT2D eigenvalue weighted by Gasteiger charge is -2.25. The van der Waals surface area contributed by atoms with Gasteiger partial charge < -0.3 is 25.4 Å². The highest BCUT2D eigenvalue weighted by Crippen LogP contribution is 2.52. The molecule has 7 nitrogen and oxygen atoms in total. The molecule has 1 unspecified atom stereocenters. The van der Waals surface area contributed by atoms with Crippen molar-refractivity contribution in [3.63, 3.8) is 0 Å². The van der Waals surface area contributed by atoms with Crippen LogP contribution in [0.5, 0.6) is 5.75 Å². The summed E-state index contributed by atoms with van der Waals surface area (Å²) in [5.41, 5.74) is 3.68. The van der Waals surface area contributed by atoms with E-state index in [0.29, 0.717) is 40.4 Å². The molecule has 198 valence electrons. The van der Waals surface area contributed by atoms with Crippen LogP contribution in [0.2, 0.25) is 0 Å². The van der Waals surface area contributed by atoms with Gasteiger partial charge in [-0.25, -0.2) is 9.79 Å². The normalized spacial score (nSPS) is 18.0. The van der Waals surface area contributed by atoms with Gasteiger partial charge in [-0.2, -0.15) is 13.2 Å². The van der Waals surface area contributed by atoms with Crippen LogP contribution in [-0.4, -0.2) is 42.4 Å². The van der Waals surface area contributed by atoms with Crippen LogP contribution in [-0.2, 0) is 10.2 Å². The van der Waals surface area contributed by atoms with Gasteiger partial charge in [0.05, 0.1) is 23.6 Å². The summed E-state index contributed by atoms with van der Waals surface area (Å²) in [6.07, 6.45) is -6.53. The second-order valence-electron chi connectivity index (χ2n) is 10.1. The average molecular weight is 525 g/mol. The Labute approximate surface area is 218 Å². The molecule has 0 aromatic heterocycles. The number of fused-ring (bicyclic) bond motifs is 1. The maximum absolute atomic E-state index is 13.2. The van der Waals surface area contributed by atoms with Crippen molar-refractivity contribution in [1.82, 2.24) is 0 Å². The molecule has 5 rings (SSSR count). The number of ether oxygens (including phenoxy) is 1. The Morgan fingerprint density at radius 3 is 2.47 bits per heavy atom. The molecule has 2 aliphatic rings. The van der Waals surface area contributed by atoms with Gasteiger partial charge in [0.2, 0.25) is 12.0 Å². The summed E-state index contributed by atoms with van der Waals surface area (Å²) < 4.78 is 44.9. The molecule has 0 spiro atoms. The topological polar surface area (TPSA) is 86.2 Å². The first kappa shape index (κ1) is 25.4. The van der Waals surface area contributed by atoms with Crippen LogP contribution in [0.4, 0.5) is 40.7 Å². The first-order valence-corrected chi connectivity index (χ1v) is 12.1. The number of anilines is 4. The fraction of sp³-hybridized carbons (Fsp3) is 0.286. The number of phenolic OH excluding ortho intramolecular Hbond substituents is 1. The minimum Gasteiger partial charge on any atom is -0.506 e. The monoisotopic (exact) mass is 524 g/mol. The van der Waals surface area contributed by atoms with Gasteiger partial charge in [-0.1, -0.05) is 43.7 Å². The number of aliphatic imine (C=N–C) groups is 1. The number of nitrogens with one attached hydrogen (secondary N) is 2. The Bertz CT molecular complexity index is 1420. The van der Waals surface area contributed by atoms with E-state index in [0.717, 1.165) is 5.56 Å². The second kappa shape index (κ2) is 9.27. The van der Waals surface area contributed by atoms with E-state index >= 15 is 0 Å². The highest BCUT2D eigenvalue weighted by molar-refractivity contribution is 6.04. The minimum absolute atomic E-state index is 0.0424. The molecule has 0 fully saturated rings. The highest BCUT2D eigenvalue weighted by Gasteiger charge is 2.47. The van der Waals surface area contributed by atoms with Crippen molar-refractivity contribution in [2.24, 2.45) is 4.99 Å². The van der Waals surface area contributed by atoms with Gasteiger partial charge >= 0.3 is 12.2 Å². The maximum Gasteiger partial charge on any atom is 0.427 e. The van der Waals surface area contributed by atoms with Crippen molar-refractivity contribution >= 4 is 34.7 Å². The van der Waals surface area contributed by atoms with Crippen LogP contribution in [0.3, 0.4) is 0 Å². The van der Waals surface area contributed by atoms with Gasteiger partial charge in [0.1, 0.15) is 5.75 Å². The van der Waals surface area contributed by atoms with E-state index in [9.17, 15) is 23.1 Å². The van der Waals surface area contributed by atoms with Gasteiger partial charge in [-0.15, -0.1) is 0 Å². The number of nitrogens with zero attached hydrogens (tertiary/aromatic N) is 2. The number of hydrogen-bond acceptors (Lipinski definition) is 5. The number of rotatable bonds is 4. The summed E-state index contributed by atoms with van der Waals surface area (Å²) in [5, 5.41) is 16.6. The zero-order valence-corrected chi connectivity index (χ0v) is 21.1. The Morgan fingerprint density at radius 1 is 1.08 bits per heavy atom. The predicted octanol–water partition coefficient (Wildman–Crippen LogP) is 6.48. The summed E-state index contributed by atoms with van der Waals surface area (Å²) in [5.74, 6) is -0.137. The van der Waals surface area contributed by atoms with Crippen molar-refractivity contribution in [3.05, 3.63) is 77.4 Å². The standard InChI is InChI=1S/C28H27F3N4O3/c1-16-8-10-17(11-9-16)33-26(37)34-19-6-4-5-7-20(19)35-15-27(2,3)23-18(12-13-21(36)24(23)35)25-32-14-22(38-25)28(29,30)31/h4-13,22,36H,14-15H2,1-3H3,(H2,33,34,37). The van der Waals surface area contributed by atoms with Gasteiger partial charge in [0.25, 0.3) is 0 Å². The first-order chi connectivity index (χ1) is 17.9. The molecule has 2 aliphatic heterocycles. The molecule has 1 atom stereocenters. The van der Waals surface area contributed by atoms with Crippen molar-refractivity contribution < 1.29 is 27.8 Å². The zero-order valence-electron chi connectivity index (χ0n) is 21.1. The number of aromatic hydroxyl groups is 1. The lowest BCUT2D eigenvalue weighted by Crippen LogP contribution is -2.32. The Morgan fingerprint density at radius 2 is 1.79 bits per heavy atom. The number of aryl methyl sites for hydroxylation is 1. The summed E-state index contributed by atoms with van der Waals surface area (Å²) in [6.45, 7) is 5.70. The van der Waals surface area contributed by atoms with Crippen LogP contribution >= 0.6 is 0 Å². The molecule has 0 radical (unpaired) electrons. The van der Waals surface area contributed by atoms with Gasteiger partial charge in [-0.05, 0) is 48.9 Å². The molecular weight excluding hydrogens is 497 g/mol. The van der Waals surface area contributed by atoms with Crippen molar-refractivity contribution in [2.75, 3.05) is 28.6 Å². The van der Waals surface area contributed by atoms with E-state index < -0.39 is 30.3 Å². The third-order valence-corrected chi connectivity index (χ3v) is 6.66. The highest BCUT2D eigenvalue weighted by atomic mass is 19.4. The van der Waals surface area contributed by atoms with E-state index in [1.807, 2.05) is 49.9 Å². The van der Waals surface area contributed by atoms with Crippen LogP contribution in [0.1, 0.15) is 30.5 Å². The number of phenols is 1. The zero-order chi connectivity index (χ0) is 27.2. The van der Waals surface area contributed by atoms with Gasteiger partial charge in [0.15, 0.2) is 0 Å². The SMILES string of the molecule is Cc1ccc(NC(=O)Nc2ccccc2N2CC(C)(C)c3c(C4=NCC(C(F)(F)F)O4)ccc(O)c32)cc1. The quantitative estimate of drug-likeness (QED) is 0.365. The van der Waals surface area contributed by atoms with Gasteiger partial charge in [-0.3, -0.25) is 0 Å². The summed E-state index contributed by atoms with van der Waals surface area (Å²) in [4.78, 5) is 18.7. The number of carbonyl (C=O) groups is 1. The third-order valence-electron chi connectivity index (χ3n) is 6.66. The minimum atomic E-state index is -4.53. The Balaban J connectivity index is 1.48. The van der Waals surface area contributed by atoms with E-state index in [1.165, 1.54) is 12.1 Å². The summed E-state index contributed by atoms with van der Waals surface area (Å²) in [6, 6.07) is 17.1. The van der Waals surface area contributed by atoms with Crippen molar-refractivity contribution in [2.45, 2.75) is 38.5 Å². The molecule has 3 aromatic carbocycles. The lowest BCUT2D eigenvalue weighted by molar-refractivity contribution is -0.190.